The van der Waals surface area contributed by atoms with Gasteiger partial charge in [0.15, 0.2) is 0 Å². The molecule has 22 heavy (non-hydrogen) atoms. The normalized spacial score (nSPS) is 20.2. The van der Waals surface area contributed by atoms with Gasteiger partial charge in [0.1, 0.15) is 5.60 Å². The van der Waals surface area contributed by atoms with Crippen molar-refractivity contribution < 1.29 is 9.53 Å². The van der Waals surface area contributed by atoms with Gasteiger partial charge in [-0.25, -0.2) is 4.79 Å². The van der Waals surface area contributed by atoms with E-state index in [0.717, 1.165) is 18.8 Å². The highest BCUT2D eigenvalue weighted by Crippen LogP contribution is 2.16. The van der Waals surface area contributed by atoms with Crippen LogP contribution in [-0.4, -0.2) is 63.5 Å². The smallest absolute Gasteiger partial charge is 0.410 e. The summed E-state index contributed by atoms with van der Waals surface area (Å²) in [4.78, 5) is 16.2. The van der Waals surface area contributed by atoms with Gasteiger partial charge in [-0.05, 0) is 26.8 Å². The van der Waals surface area contributed by atoms with Crippen LogP contribution >= 0.6 is 0 Å². The predicted octanol–water partition coefficient (Wildman–Crippen LogP) is 0.800. The van der Waals surface area contributed by atoms with Crippen molar-refractivity contribution in [3.05, 3.63) is 18.0 Å². The van der Waals surface area contributed by atoms with Gasteiger partial charge in [-0.2, -0.15) is 5.10 Å². The number of carbonyl (C=O) groups is 1. The zero-order chi connectivity index (χ0) is 16.3. The van der Waals surface area contributed by atoms with E-state index in [2.05, 4.69) is 10.00 Å². The Kier molecular flexibility index (Phi) is 5.08. The van der Waals surface area contributed by atoms with Crippen LogP contribution < -0.4 is 5.73 Å². The fourth-order valence-corrected chi connectivity index (χ4v) is 2.57. The molecule has 0 aliphatic carbocycles. The zero-order valence-electron chi connectivity index (χ0n) is 14.0. The van der Waals surface area contributed by atoms with Crippen molar-refractivity contribution in [1.82, 2.24) is 19.6 Å². The molecule has 1 aromatic rings. The van der Waals surface area contributed by atoms with Crippen molar-refractivity contribution in [1.29, 1.82) is 0 Å². The number of carbonyl (C=O) groups excluding carboxylic acids is 1. The van der Waals surface area contributed by atoms with Gasteiger partial charge in [-0.1, -0.05) is 0 Å². The fourth-order valence-electron chi connectivity index (χ4n) is 2.57. The van der Waals surface area contributed by atoms with Crippen LogP contribution in [0.5, 0.6) is 0 Å². The molecule has 1 amide bonds. The van der Waals surface area contributed by atoms with Gasteiger partial charge < -0.3 is 15.4 Å². The second-order valence-corrected chi connectivity index (χ2v) is 6.77. The number of piperazine rings is 1. The maximum absolute atomic E-state index is 12.2. The molecule has 7 nitrogen and oxygen atoms in total. The highest BCUT2D eigenvalue weighted by atomic mass is 16.6. The molecular formula is C15H27N5O2. The minimum absolute atomic E-state index is 0.128. The van der Waals surface area contributed by atoms with Gasteiger partial charge in [0.25, 0.3) is 0 Å². The Morgan fingerprint density at radius 2 is 2.18 bits per heavy atom. The number of nitrogens with two attached hydrogens (primary N) is 1. The van der Waals surface area contributed by atoms with Crippen LogP contribution in [0.25, 0.3) is 0 Å². The van der Waals surface area contributed by atoms with Crippen molar-refractivity contribution in [3.8, 4) is 0 Å². The molecule has 1 atom stereocenters. The van der Waals surface area contributed by atoms with Crippen LogP contribution in [-0.2, 0) is 18.3 Å². The quantitative estimate of drug-likeness (QED) is 0.894. The van der Waals surface area contributed by atoms with Gasteiger partial charge in [0.05, 0.1) is 5.69 Å². The molecule has 2 N–H and O–H groups in total. The van der Waals surface area contributed by atoms with Gasteiger partial charge in [-0.15, -0.1) is 0 Å². The zero-order valence-corrected chi connectivity index (χ0v) is 14.0. The number of nitrogens with zero attached hydrogens (tertiary/aromatic N) is 4. The van der Waals surface area contributed by atoms with Crippen molar-refractivity contribution in [2.75, 3.05) is 26.2 Å². The molecule has 2 heterocycles. The molecule has 1 aliphatic heterocycles. The monoisotopic (exact) mass is 309 g/mol. The number of amides is 1. The number of hydrogen-bond acceptors (Lipinski definition) is 5. The van der Waals surface area contributed by atoms with E-state index in [-0.39, 0.29) is 12.1 Å². The molecule has 1 aromatic heterocycles. The van der Waals surface area contributed by atoms with Crippen molar-refractivity contribution >= 4 is 6.09 Å². The summed E-state index contributed by atoms with van der Waals surface area (Å²) in [6, 6.07) is 2.14. The summed E-state index contributed by atoms with van der Waals surface area (Å²) in [5.41, 5.74) is 6.44. The van der Waals surface area contributed by atoms with Gasteiger partial charge >= 0.3 is 6.09 Å². The average Bonchev–Trinajstić information content (AvgIpc) is 2.82. The first kappa shape index (κ1) is 16.8. The molecule has 0 radical (unpaired) electrons. The fraction of sp³-hybridized carbons (Fsp3) is 0.733. The molecule has 1 saturated heterocycles. The SMILES string of the molecule is Cn1ccc(CN2CCN(C(=O)OC(C)(C)C)CC2CN)n1. The van der Waals surface area contributed by atoms with Crippen molar-refractivity contribution in [2.45, 2.75) is 39.0 Å². The minimum Gasteiger partial charge on any atom is -0.444 e. The van der Waals surface area contributed by atoms with E-state index >= 15 is 0 Å². The van der Waals surface area contributed by atoms with Crippen LogP contribution in [0.2, 0.25) is 0 Å². The van der Waals surface area contributed by atoms with E-state index in [4.69, 9.17) is 10.5 Å². The minimum atomic E-state index is -0.472. The lowest BCUT2D eigenvalue weighted by Crippen LogP contribution is -2.57. The van der Waals surface area contributed by atoms with Crippen LogP contribution in [0, 0.1) is 0 Å². The highest BCUT2D eigenvalue weighted by molar-refractivity contribution is 5.68. The first-order chi connectivity index (χ1) is 10.3. The number of aryl methyl sites for hydroxylation is 1. The summed E-state index contributed by atoms with van der Waals surface area (Å²) in [5.74, 6) is 0. The lowest BCUT2D eigenvalue weighted by atomic mass is 10.1. The Balaban J connectivity index is 1.94. The summed E-state index contributed by atoms with van der Waals surface area (Å²) in [6.07, 6.45) is 1.67. The number of ether oxygens (including phenoxy) is 1. The third-order valence-electron chi connectivity index (χ3n) is 3.66. The molecule has 7 heteroatoms. The second kappa shape index (κ2) is 6.66. The Bertz CT molecular complexity index is 508. The number of hydrogen-bond donors (Lipinski definition) is 1. The highest BCUT2D eigenvalue weighted by Gasteiger charge is 2.31. The topological polar surface area (TPSA) is 76.6 Å². The molecule has 1 fully saturated rings. The third-order valence-corrected chi connectivity index (χ3v) is 3.66. The molecule has 0 saturated carbocycles. The van der Waals surface area contributed by atoms with Crippen LogP contribution in [0.3, 0.4) is 0 Å². The summed E-state index contributed by atoms with van der Waals surface area (Å²) in [5, 5.41) is 4.41. The Labute approximate surface area is 132 Å². The average molecular weight is 309 g/mol. The standard InChI is InChI=1S/C15H27N5O2/c1-15(2,3)22-14(21)20-8-7-19(13(9-16)11-20)10-12-5-6-18(4)17-12/h5-6,13H,7-11,16H2,1-4H3. The molecule has 2 rings (SSSR count). The predicted molar refractivity (Wildman–Crippen MR) is 84.3 cm³/mol. The van der Waals surface area contributed by atoms with Gasteiger partial charge in [0.2, 0.25) is 0 Å². The largest absolute Gasteiger partial charge is 0.444 e. The van der Waals surface area contributed by atoms with Gasteiger partial charge in [0, 0.05) is 52.0 Å². The summed E-state index contributed by atoms with van der Waals surface area (Å²) in [7, 11) is 1.91. The molecular weight excluding hydrogens is 282 g/mol. The lowest BCUT2D eigenvalue weighted by Gasteiger charge is -2.40. The molecule has 0 aromatic carbocycles. The van der Waals surface area contributed by atoms with Gasteiger partial charge in [-0.3, -0.25) is 9.58 Å². The van der Waals surface area contributed by atoms with E-state index in [1.165, 1.54) is 0 Å². The van der Waals surface area contributed by atoms with E-state index in [1.54, 1.807) is 9.58 Å². The lowest BCUT2D eigenvalue weighted by molar-refractivity contribution is 0.00334. The first-order valence-electron chi connectivity index (χ1n) is 7.69. The molecule has 0 spiro atoms. The summed E-state index contributed by atoms with van der Waals surface area (Å²) in [6.45, 7) is 8.92. The van der Waals surface area contributed by atoms with Crippen LogP contribution in [0.4, 0.5) is 4.79 Å². The maximum atomic E-state index is 12.2. The summed E-state index contributed by atoms with van der Waals surface area (Å²) < 4.78 is 7.23. The Hall–Kier alpha value is -1.60. The summed E-state index contributed by atoms with van der Waals surface area (Å²) >= 11 is 0. The van der Waals surface area contributed by atoms with Crippen LogP contribution in [0.1, 0.15) is 26.5 Å². The van der Waals surface area contributed by atoms with E-state index < -0.39 is 5.60 Å². The third kappa shape index (κ3) is 4.45. The van der Waals surface area contributed by atoms with E-state index in [1.807, 2.05) is 40.1 Å². The van der Waals surface area contributed by atoms with E-state index in [0.29, 0.717) is 19.6 Å². The first-order valence-corrected chi connectivity index (χ1v) is 7.69. The Morgan fingerprint density at radius 3 is 2.73 bits per heavy atom. The molecule has 1 aliphatic rings. The van der Waals surface area contributed by atoms with Crippen molar-refractivity contribution in [2.24, 2.45) is 12.8 Å². The van der Waals surface area contributed by atoms with Crippen molar-refractivity contribution in [3.63, 3.8) is 0 Å². The molecule has 0 bridgehead atoms. The number of rotatable bonds is 3. The number of aromatic nitrogens is 2. The van der Waals surface area contributed by atoms with E-state index in [9.17, 15) is 4.79 Å². The maximum Gasteiger partial charge on any atom is 0.410 e. The van der Waals surface area contributed by atoms with Crippen LogP contribution in [0.15, 0.2) is 12.3 Å². The Morgan fingerprint density at radius 1 is 1.45 bits per heavy atom. The second-order valence-electron chi connectivity index (χ2n) is 6.77. The molecule has 1 unspecified atom stereocenters. The molecule has 124 valence electrons.